The summed E-state index contributed by atoms with van der Waals surface area (Å²) in [5.74, 6) is -0.214. The highest BCUT2D eigenvalue weighted by Crippen LogP contribution is 2.43. The molecule has 15 heavy (non-hydrogen) atoms. The van der Waals surface area contributed by atoms with Crippen molar-refractivity contribution >= 4 is 5.97 Å². The fourth-order valence-corrected chi connectivity index (χ4v) is 2.40. The predicted molar refractivity (Wildman–Crippen MR) is 61.5 cm³/mol. The summed E-state index contributed by atoms with van der Waals surface area (Å²) in [6, 6.07) is 0. The first-order chi connectivity index (χ1) is 6.84. The van der Waals surface area contributed by atoms with Crippen molar-refractivity contribution in [2.24, 2.45) is 11.3 Å². The third-order valence-corrected chi connectivity index (χ3v) is 3.10. The van der Waals surface area contributed by atoms with E-state index in [0.717, 1.165) is 24.8 Å². The number of hydrogen-bond donors (Lipinski definition) is 0. The highest BCUT2D eigenvalue weighted by Gasteiger charge is 2.40. The number of hydrogen-bond acceptors (Lipinski definition) is 2. The van der Waals surface area contributed by atoms with Crippen LogP contribution < -0.4 is 0 Å². The van der Waals surface area contributed by atoms with Gasteiger partial charge in [0.1, 0.15) is 0 Å². The SMILES string of the molecule is C=C1CCCC(C)(C)C1C(=O)OC(C)C. The lowest BCUT2D eigenvalue weighted by molar-refractivity contribution is -0.155. The Hall–Kier alpha value is -0.790. The number of ether oxygens (including phenoxy) is 1. The molecule has 0 saturated heterocycles. The lowest BCUT2D eigenvalue weighted by Crippen LogP contribution is -2.37. The van der Waals surface area contributed by atoms with Crippen LogP contribution in [0.1, 0.15) is 47.0 Å². The van der Waals surface area contributed by atoms with Gasteiger partial charge in [0, 0.05) is 0 Å². The first kappa shape index (κ1) is 12.3. The van der Waals surface area contributed by atoms with Crippen LogP contribution in [-0.2, 0) is 9.53 Å². The zero-order valence-electron chi connectivity index (χ0n) is 10.3. The molecule has 2 nitrogen and oxygen atoms in total. The van der Waals surface area contributed by atoms with Crippen LogP contribution in [0.5, 0.6) is 0 Å². The van der Waals surface area contributed by atoms with E-state index in [1.165, 1.54) is 0 Å². The quantitative estimate of drug-likeness (QED) is 0.516. The van der Waals surface area contributed by atoms with Crippen LogP contribution >= 0.6 is 0 Å². The molecule has 0 aromatic carbocycles. The van der Waals surface area contributed by atoms with Gasteiger partial charge in [-0.1, -0.05) is 26.0 Å². The van der Waals surface area contributed by atoms with E-state index >= 15 is 0 Å². The second-order valence-electron chi connectivity index (χ2n) is 5.42. The van der Waals surface area contributed by atoms with Gasteiger partial charge in [-0.25, -0.2) is 0 Å². The van der Waals surface area contributed by atoms with Crippen molar-refractivity contribution in [1.29, 1.82) is 0 Å². The summed E-state index contributed by atoms with van der Waals surface area (Å²) in [4.78, 5) is 12.0. The Morgan fingerprint density at radius 2 is 2.13 bits per heavy atom. The summed E-state index contributed by atoms with van der Waals surface area (Å²) in [6.45, 7) is 12.0. The molecule has 0 aromatic rings. The molecule has 2 heteroatoms. The fraction of sp³-hybridized carbons (Fsp3) is 0.769. The number of carbonyl (C=O) groups is 1. The molecule has 0 aromatic heterocycles. The van der Waals surface area contributed by atoms with Crippen molar-refractivity contribution < 1.29 is 9.53 Å². The molecular weight excluding hydrogens is 188 g/mol. The summed E-state index contributed by atoms with van der Waals surface area (Å²) in [5, 5.41) is 0. The lowest BCUT2D eigenvalue weighted by Gasteiger charge is -2.38. The summed E-state index contributed by atoms with van der Waals surface area (Å²) >= 11 is 0. The highest BCUT2D eigenvalue weighted by molar-refractivity contribution is 5.77. The van der Waals surface area contributed by atoms with E-state index in [9.17, 15) is 4.79 Å². The van der Waals surface area contributed by atoms with Crippen molar-refractivity contribution in [3.63, 3.8) is 0 Å². The van der Waals surface area contributed by atoms with Gasteiger partial charge in [0.25, 0.3) is 0 Å². The average molecular weight is 210 g/mol. The van der Waals surface area contributed by atoms with Crippen molar-refractivity contribution in [3.8, 4) is 0 Å². The molecule has 86 valence electrons. The molecule has 1 atom stereocenters. The van der Waals surface area contributed by atoms with E-state index in [-0.39, 0.29) is 23.4 Å². The molecule has 1 unspecified atom stereocenters. The Morgan fingerprint density at radius 3 is 2.60 bits per heavy atom. The monoisotopic (exact) mass is 210 g/mol. The third-order valence-electron chi connectivity index (χ3n) is 3.10. The second-order valence-corrected chi connectivity index (χ2v) is 5.42. The highest BCUT2D eigenvalue weighted by atomic mass is 16.5. The normalized spacial score (nSPS) is 25.4. The van der Waals surface area contributed by atoms with Crippen LogP contribution in [-0.4, -0.2) is 12.1 Å². The Bertz CT molecular complexity index is 264. The molecule has 1 aliphatic carbocycles. The van der Waals surface area contributed by atoms with Gasteiger partial charge in [0.05, 0.1) is 12.0 Å². The molecule has 0 aliphatic heterocycles. The molecule has 0 bridgehead atoms. The summed E-state index contributed by atoms with van der Waals surface area (Å²) in [5.41, 5.74) is 1.04. The number of carbonyl (C=O) groups excluding carboxylic acids is 1. The standard InChI is InChI=1S/C13H22O2/c1-9(2)15-12(14)11-10(3)7-6-8-13(11,4)5/h9,11H,3,6-8H2,1-2,4-5H3. The molecule has 1 rings (SSSR count). The first-order valence-corrected chi connectivity index (χ1v) is 5.73. The fourth-order valence-electron chi connectivity index (χ4n) is 2.40. The average Bonchev–Trinajstić information content (AvgIpc) is 1.99. The Labute approximate surface area is 92.7 Å². The summed E-state index contributed by atoms with van der Waals surface area (Å²) in [7, 11) is 0. The zero-order chi connectivity index (χ0) is 11.6. The van der Waals surface area contributed by atoms with Crippen LogP contribution in [0.2, 0.25) is 0 Å². The van der Waals surface area contributed by atoms with E-state index in [1.54, 1.807) is 0 Å². The van der Waals surface area contributed by atoms with Crippen LogP contribution in [0.15, 0.2) is 12.2 Å². The van der Waals surface area contributed by atoms with Gasteiger partial charge in [-0.05, 0) is 38.5 Å². The molecule has 1 aliphatic rings. The number of rotatable bonds is 2. The maximum absolute atomic E-state index is 12.0. The minimum Gasteiger partial charge on any atom is -0.462 e. The largest absolute Gasteiger partial charge is 0.462 e. The van der Waals surface area contributed by atoms with Gasteiger partial charge in [0.2, 0.25) is 0 Å². The van der Waals surface area contributed by atoms with E-state index in [4.69, 9.17) is 4.74 Å². The molecule has 1 saturated carbocycles. The van der Waals surface area contributed by atoms with Crippen molar-refractivity contribution in [2.75, 3.05) is 0 Å². The van der Waals surface area contributed by atoms with E-state index in [2.05, 4.69) is 20.4 Å². The van der Waals surface area contributed by atoms with Gasteiger partial charge in [-0.2, -0.15) is 0 Å². The second kappa shape index (κ2) is 4.38. The van der Waals surface area contributed by atoms with Crippen LogP contribution in [0.3, 0.4) is 0 Å². The Balaban J connectivity index is 2.79. The van der Waals surface area contributed by atoms with Gasteiger partial charge < -0.3 is 4.74 Å². The van der Waals surface area contributed by atoms with Gasteiger partial charge in [-0.3, -0.25) is 4.79 Å². The molecule has 0 N–H and O–H groups in total. The van der Waals surface area contributed by atoms with E-state index < -0.39 is 0 Å². The minimum atomic E-state index is -0.117. The van der Waals surface area contributed by atoms with Crippen LogP contribution in [0.25, 0.3) is 0 Å². The Morgan fingerprint density at radius 1 is 1.53 bits per heavy atom. The van der Waals surface area contributed by atoms with E-state index in [1.807, 2.05) is 13.8 Å². The lowest BCUT2D eigenvalue weighted by atomic mass is 9.67. The summed E-state index contributed by atoms with van der Waals surface area (Å²) in [6.07, 6.45) is 3.13. The van der Waals surface area contributed by atoms with Crippen molar-refractivity contribution in [2.45, 2.75) is 53.1 Å². The first-order valence-electron chi connectivity index (χ1n) is 5.73. The molecular formula is C13H22O2. The third kappa shape index (κ3) is 2.83. The number of esters is 1. The molecule has 1 fully saturated rings. The van der Waals surface area contributed by atoms with Crippen LogP contribution in [0.4, 0.5) is 0 Å². The maximum Gasteiger partial charge on any atom is 0.313 e. The molecule has 0 amide bonds. The molecule has 0 spiro atoms. The molecule has 0 heterocycles. The van der Waals surface area contributed by atoms with Gasteiger partial charge >= 0.3 is 5.97 Å². The Kier molecular flexibility index (Phi) is 3.58. The van der Waals surface area contributed by atoms with E-state index in [0.29, 0.717) is 0 Å². The molecule has 0 radical (unpaired) electrons. The van der Waals surface area contributed by atoms with Crippen molar-refractivity contribution in [3.05, 3.63) is 12.2 Å². The zero-order valence-corrected chi connectivity index (χ0v) is 10.3. The van der Waals surface area contributed by atoms with Crippen LogP contribution in [0, 0.1) is 11.3 Å². The smallest absolute Gasteiger partial charge is 0.313 e. The topological polar surface area (TPSA) is 26.3 Å². The minimum absolute atomic E-state index is 0.00130. The van der Waals surface area contributed by atoms with Gasteiger partial charge in [0.15, 0.2) is 0 Å². The summed E-state index contributed by atoms with van der Waals surface area (Å²) < 4.78 is 5.30. The van der Waals surface area contributed by atoms with Gasteiger partial charge in [-0.15, -0.1) is 0 Å². The maximum atomic E-state index is 12.0. The predicted octanol–water partition coefficient (Wildman–Crippen LogP) is 3.32. The van der Waals surface area contributed by atoms with Crippen molar-refractivity contribution in [1.82, 2.24) is 0 Å².